The smallest absolute Gasteiger partial charge is 0.257 e. The van der Waals surface area contributed by atoms with Crippen LogP contribution in [0.3, 0.4) is 0 Å². The second-order valence-electron chi connectivity index (χ2n) is 8.38. The molecule has 0 saturated carbocycles. The van der Waals surface area contributed by atoms with E-state index in [-0.39, 0.29) is 11.6 Å². The number of nitrogens with zero attached hydrogens (tertiary/aromatic N) is 5. The van der Waals surface area contributed by atoms with E-state index in [9.17, 15) is 4.79 Å². The molecule has 1 N–H and O–H groups in total. The van der Waals surface area contributed by atoms with Crippen LogP contribution in [0.2, 0.25) is 0 Å². The number of nitrogens with one attached hydrogen (secondary N) is 1. The maximum atomic E-state index is 12.4. The molecule has 0 unspecified atom stereocenters. The highest BCUT2D eigenvalue weighted by Crippen LogP contribution is 2.27. The summed E-state index contributed by atoms with van der Waals surface area (Å²) < 4.78 is 5.43. The number of pyridine rings is 1. The Kier molecular flexibility index (Phi) is 7.69. The van der Waals surface area contributed by atoms with Gasteiger partial charge in [0.15, 0.2) is 0 Å². The number of rotatable bonds is 7. The van der Waals surface area contributed by atoms with Crippen LogP contribution in [0.15, 0.2) is 89.0 Å². The van der Waals surface area contributed by atoms with Gasteiger partial charge in [0.1, 0.15) is 22.6 Å². The second-order valence-corrected chi connectivity index (χ2v) is 9.47. The molecule has 0 atom stereocenters. The molecule has 8 nitrogen and oxygen atoms in total. The normalized spacial score (nSPS) is 13.1. The van der Waals surface area contributed by atoms with Crippen molar-refractivity contribution in [1.82, 2.24) is 15.0 Å². The number of anilines is 2. The van der Waals surface area contributed by atoms with Crippen molar-refractivity contribution in [1.29, 1.82) is 5.26 Å². The summed E-state index contributed by atoms with van der Waals surface area (Å²) in [4.78, 5) is 28.9. The Hall–Kier alpha value is -4.26. The molecule has 2 aromatic carbocycles. The van der Waals surface area contributed by atoms with Crippen LogP contribution in [0.1, 0.15) is 27.4 Å². The first-order valence-corrected chi connectivity index (χ1v) is 12.7. The fourth-order valence-electron chi connectivity index (χ4n) is 3.88. The summed E-state index contributed by atoms with van der Waals surface area (Å²) in [5.74, 6) is 0.486. The first kappa shape index (κ1) is 24.4. The number of carbonyl (C=O) groups is 1. The molecule has 1 aliphatic rings. The minimum absolute atomic E-state index is 0.271. The lowest BCUT2D eigenvalue weighted by Gasteiger charge is -2.28. The Bertz CT molecular complexity index is 1400. The third kappa shape index (κ3) is 6.50. The third-order valence-corrected chi connectivity index (χ3v) is 6.77. The Morgan fingerprint density at radius 1 is 1.00 bits per heavy atom. The number of benzene rings is 2. The molecule has 5 rings (SSSR count). The molecule has 4 aromatic rings. The van der Waals surface area contributed by atoms with Gasteiger partial charge in [-0.1, -0.05) is 23.9 Å². The molecule has 3 heterocycles. The quantitative estimate of drug-likeness (QED) is 0.362. The maximum absolute atomic E-state index is 12.4. The van der Waals surface area contributed by atoms with Crippen LogP contribution in [0.5, 0.6) is 0 Å². The Morgan fingerprint density at radius 2 is 1.78 bits per heavy atom. The average molecular weight is 509 g/mol. The standard InChI is InChI=1S/C28H24N6O2S/c29-18-23-4-3-21(19-31-23)28(35)32-22-5-9-25(10-6-22)37-27-11-12-30-26(33-27)17-20-1-7-24(8-2-20)34-13-15-36-16-14-34/h1-12,19H,13-17H2,(H,32,35). The topological polar surface area (TPSA) is 104 Å². The number of ether oxygens (including phenoxy) is 1. The fraction of sp³-hybridized carbons (Fsp3) is 0.179. The van der Waals surface area contributed by atoms with Crippen LogP contribution >= 0.6 is 11.8 Å². The van der Waals surface area contributed by atoms with Crippen molar-refractivity contribution in [3.8, 4) is 6.07 Å². The lowest BCUT2D eigenvalue weighted by atomic mass is 10.1. The summed E-state index contributed by atoms with van der Waals surface area (Å²) >= 11 is 1.54. The van der Waals surface area contributed by atoms with Gasteiger partial charge < -0.3 is 15.0 Å². The summed E-state index contributed by atoms with van der Waals surface area (Å²) in [7, 11) is 0. The predicted molar refractivity (Wildman–Crippen MR) is 142 cm³/mol. The first-order chi connectivity index (χ1) is 18.2. The van der Waals surface area contributed by atoms with Gasteiger partial charge in [0.2, 0.25) is 0 Å². The summed E-state index contributed by atoms with van der Waals surface area (Å²) in [6, 6.07) is 23.1. The van der Waals surface area contributed by atoms with Crippen molar-refractivity contribution >= 4 is 29.0 Å². The Labute approximate surface area is 219 Å². The van der Waals surface area contributed by atoms with E-state index in [1.807, 2.05) is 36.4 Å². The molecule has 2 aromatic heterocycles. The number of aromatic nitrogens is 3. The van der Waals surface area contributed by atoms with Crippen molar-refractivity contribution in [2.24, 2.45) is 0 Å². The molecular formula is C28H24N6O2S. The number of hydrogen-bond acceptors (Lipinski definition) is 8. The van der Waals surface area contributed by atoms with Crippen LogP contribution in [-0.2, 0) is 11.2 Å². The fourth-order valence-corrected chi connectivity index (χ4v) is 4.67. The average Bonchev–Trinajstić information content (AvgIpc) is 2.95. The lowest BCUT2D eigenvalue weighted by Crippen LogP contribution is -2.36. The zero-order valence-electron chi connectivity index (χ0n) is 20.0. The van der Waals surface area contributed by atoms with E-state index >= 15 is 0 Å². The molecule has 1 fully saturated rings. The van der Waals surface area contributed by atoms with E-state index in [1.54, 1.807) is 12.3 Å². The van der Waals surface area contributed by atoms with Crippen LogP contribution in [-0.4, -0.2) is 47.2 Å². The van der Waals surface area contributed by atoms with Crippen molar-refractivity contribution in [2.45, 2.75) is 16.3 Å². The molecular weight excluding hydrogens is 484 g/mol. The molecule has 0 aliphatic carbocycles. The number of nitriles is 1. The van der Waals surface area contributed by atoms with E-state index in [4.69, 9.17) is 15.0 Å². The molecule has 1 aliphatic heterocycles. The number of amides is 1. The Morgan fingerprint density at radius 3 is 2.49 bits per heavy atom. The second kappa shape index (κ2) is 11.6. The van der Waals surface area contributed by atoms with Crippen molar-refractivity contribution < 1.29 is 9.53 Å². The van der Waals surface area contributed by atoms with Gasteiger partial charge in [-0.15, -0.1) is 0 Å². The highest BCUT2D eigenvalue weighted by molar-refractivity contribution is 7.99. The maximum Gasteiger partial charge on any atom is 0.257 e. The Balaban J connectivity index is 1.18. The monoisotopic (exact) mass is 508 g/mol. The van der Waals surface area contributed by atoms with E-state index in [1.165, 1.54) is 29.7 Å². The van der Waals surface area contributed by atoms with Gasteiger partial charge in [-0.25, -0.2) is 15.0 Å². The molecule has 9 heteroatoms. The van der Waals surface area contributed by atoms with Crippen molar-refractivity contribution in [2.75, 3.05) is 36.5 Å². The highest BCUT2D eigenvalue weighted by Gasteiger charge is 2.11. The van der Waals surface area contributed by atoms with Crippen LogP contribution < -0.4 is 10.2 Å². The first-order valence-electron chi connectivity index (χ1n) is 11.9. The molecule has 0 bridgehead atoms. The van der Waals surface area contributed by atoms with Crippen molar-refractivity contribution in [3.63, 3.8) is 0 Å². The van der Waals surface area contributed by atoms with E-state index < -0.39 is 0 Å². The molecule has 0 spiro atoms. The molecule has 0 radical (unpaired) electrons. The molecule has 37 heavy (non-hydrogen) atoms. The van der Waals surface area contributed by atoms with Gasteiger partial charge in [-0.3, -0.25) is 4.79 Å². The summed E-state index contributed by atoms with van der Waals surface area (Å²) in [6.07, 6.45) is 3.84. The van der Waals surface area contributed by atoms with Gasteiger partial charge in [0.25, 0.3) is 5.91 Å². The molecule has 1 amide bonds. The SMILES string of the molecule is N#Cc1ccc(C(=O)Nc2ccc(Sc3ccnc(Cc4ccc(N5CCOCC5)cc4)n3)cc2)cn1. The molecule has 1 saturated heterocycles. The number of morpholine rings is 1. The predicted octanol–water partition coefficient (Wildman–Crippen LogP) is 4.57. The minimum atomic E-state index is -0.282. The van der Waals surface area contributed by atoms with Crippen LogP contribution in [0.25, 0.3) is 0 Å². The molecule has 184 valence electrons. The summed E-state index contributed by atoms with van der Waals surface area (Å²) in [5.41, 5.74) is 3.71. The summed E-state index contributed by atoms with van der Waals surface area (Å²) in [5, 5.41) is 12.5. The van der Waals surface area contributed by atoms with E-state index in [0.717, 1.165) is 47.6 Å². The van der Waals surface area contributed by atoms with Crippen molar-refractivity contribution in [3.05, 3.63) is 102 Å². The lowest BCUT2D eigenvalue weighted by molar-refractivity contribution is 0.102. The largest absolute Gasteiger partial charge is 0.378 e. The van der Waals surface area contributed by atoms with E-state index in [0.29, 0.717) is 17.7 Å². The van der Waals surface area contributed by atoms with E-state index in [2.05, 4.69) is 44.5 Å². The zero-order valence-corrected chi connectivity index (χ0v) is 20.8. The van der Waals surface area contributed by atoms with Gasteiger partial charge in [-0.05, 0) is 60.2 Å². The highest BCUT2D eigenvalue weighted by atomic mass is 32.2. The summed E-state index contributed by atoms with van der Waals surface area (Å²) in [6.45, 7) is 3.38. The van der Waals surface area contributed by atoms with Gasteiger partial charge in [0.05, 0.1) is 18.8 Å². The number of carbonyl (C=O) groups excluding carboxylic acids is 1. The van der Waals surface area contributed by atoms with Gasteiger partial charge in [-0.2, -0.15) is 5.26 Å². The number of hydrogen-bond donors (Lipinski definition) is 1. The van der Waals surface area contributed by atoms with Crippen LogP contribution in [0.4, 0.5) is 11.4 Å². The van der Waals surface area contributed by atoms with Gasteiger partial charge >= 0.3 is 0 Å². The van der Waals surface area contributed by atoms with Crippen LogP contribution in [0, 0.1) is 11.3 Å². The zero-order chi connectivity index (χ0) is 25.5. The third-order valence-electron chi connectivity index (χ3n) is 5.83. The minimum Gasteiger partial charge on any atom is -0.378 e. The van der Waals surface area contributed by atoms with Gasteiger partial charge in [0, 0.05) is 48.2 Å².